The van der Waals surface area contributed by atoms with Gasteiger partial charge in [0.15, 0.2) is 11.7 Å². The van der Waals surface area contributed by atoms with E-state index in [2.05, 4.69) is 20.1 Å². The number of para-hydroxylation sites is 1. The van der Waals surface area contributed by atoms with E-state index in [1.165, 1.54) is 0 Å². The molecule has 220 valence electrons. The number of carbonyl (C=O) groups excluding carboxylic acids is 1. The number of thioether (sulfide) groups is 1. The standard InChI is InChI=1S/C31H36FN7O2S/c1-4-39(17-16-38(2)3)26-20-25(35-30(37-26)22-10-6-5-7-11-22)31(40)36-24-13-9-8-12-23(24)28(33)42-29(34)27(32)21-14-18-41-19-15-21/h5-13,20,33-34H,4,14-19H2,1-3H3,(H,36,40). The first-order valence-electron chi connectivity index (χ1n) is 13.8. The first-order valence-corrected chi connectivity index (χ1v) is 14.6. The normalized spacial score (nSPS) is 13.1. The Hall–Kier alpha value is -3.93. The van der Waals surface area contributed by atoms with Crippen LogP contribution in [0.5, 0.6) is 0 Å². The molecule has 0 radical (unpaired) electrons. The van der Waals surface area contributed by atoms with Gasteiger partial charge in [-0.05, 0) is 57.3 Å². The summed E-state index contributed by atoms with van der Waals surface area (Å²) < 4.78 is 20.2. The molecule has 0 aliphatic carbocycles. The smallest absolute Gasteiger partial charge is 0.274 e. The zero-order chi connectivity index (χ0) is 30.1. The molecular weight excluding hydrogens is 553 g/mol. The van der Waals surface area contributed by atoms with Crippen molar-refractivity contribution >= 4 is 39.3 Å². The number of ether oxygens (including phenoxy) is 1. The van der Waals surface area contributed by atoms with E-state index in [0.717, 1.165) is 18.7 Å². The molecule has 1 saturated heterocycles. The second-order valence-electron chi connectivity index (χ2n) is 9.97. The van der Waals surface area contributed by atoms with Crippen LogP contribution in [0.25, 0.3) is 11.4 Å². The molecule has 1 aliphatic rings. The van der Waals surface area contributed by atoms with Crippen molar-refractivity contribution in [3.63, 3.8) is 0 Å². The van der Waals surface area contributed by atoms with Gasteiger partial charge in [-0.3, -0.25) is 15.6 Å². The van der Waals surface area contributed by atoms with E-state index in [1.54, 1.807) is 30.3 Å². The van der Waals surface area contributed by atoms with Crippen molar-refractivity contribution in [1.29, 1.82) is 10.8 Å². The van der Waals surface area contributed by atoms with E-state index in [0.29, 0.717) is 72.8 Å². The number of aromatic nitrogens is 2. The minimum absolute atomic E-state index is 0.0482. The summed E-state index contributed by atoms with van der Waals surface area (Å²) in [7, 11) is 4.01. The van der Waals surface area contributed by atoms with Crippen LogP contribution >= 0.6 is 11.8 Å². The Kier molecular flexibility index (Phi) is 10.9. The van der Waals surface area contributed by atoms with Crippen molar-refractivity contribution in [1.82, 2.24) is 14.9 Å². The van der Waals surface area contributed by atoms with E-state index in [1.807, 2.05) is 51.4 Å². The first kappa shape index (κ1) is 31.0. The molecule has 1 fully saturated rings. The number of likely N-dealkylation sites (N-methyl/N-ethyl adjacent to an activating group) is 2. The third-order valence-corrected chi connectivity index (χ3v) is 7.54. The predicted octanol–water partition coefficient (Wildman–Crippen LogP) is 5.85. The van der Waals surface area contributed by atoms with E-state index in [-0.39, 0.29) is 15.8 Å². The monoisotopic (exact) mass is 589 g/mol. The highest BCUT2D eigenvalue weighted by molar-refractivity contribution is 8.27. The Morgan fingerprint density at radius 2 is 1.71 bits per heavy atom. The second-order valence-corrected chi connectivity index (χ2v) is 11.0. The minimum atomic E-state index is -0.605. The molecule has 1 aromatic heterocycles. The maximum Gasteiger partial charge on any atom is 0.274 e. The van der Waals surface area contributed by atoms with Crippen LogP contribution in [0.3, 0.4) is 0 Å². The molecule has 11 heteroatoms. The number of amides is 1. The van der Waals surface area contributed by atoms with Gasteiger partial charge in [0.1, 0.15) is 21.6 Å². The van der Waals surface area contributed by atoms with Crippen LogP contribution < -0.4 is 10.2 Å². The van der Waals surface area contributed by atoms with E-state index in [9.17, 15) is 9.18 Å². The minimum Gasteiger partial charge on any atom is -0.381 e. The van der Waals surface area contributed by atoms with Crippen molar-refractivity contribution in [2.75, 3.05) is 57.2 Å². The molecular formula is C31H36FN7O2S. The summed E-state index contributed by atoms with van der Waals surface area (Å²) in [6.45, 7) is 5.12. The van der Waals surface area contributed by atoms with Gasteiger partial charge in [0.2, 0.25) is 0 Å². The van der Waals surface area contributed by atoms with E-state index >= 15 is 0 Å². The van der Waals surface area contributed by atoms with E-state index < -0.39 is 11.7 Å². The van der Waals surface area contributed by atoms with Crippen molar-refractivity contribution in [2.24, 2.45) is 0 Å². The fourth-order valence-electron chi connectivity index (χ4n) is 4.36. The first-order chi connectivity index (χ1) is 20.3. The molecule has 9 nitrogen and oxygen atoms in total. The third kappa shape index (κ3) is 8.09. The van der Waals surface area contributed by atoms with Crippen molar-refractivity contribution in [3.8, 4) is 11.4 Å². The van der Waals surface area contributed by atoms with Gasteiger partial charge in [-0.15, -0.1) is 0 Å². The highest BCUT2D eigenvalue weighted by Gasteiger charge is 2.21. The van der Waals surface area contributed by atoms with Gasteiger partial charge < -0.3 is 19.9 Å². The Morgan fingerprint density at radius 3 is 2.40 bits per heavy atom. The number of halogens is 1. The highest BCUT2D eigenvalue weighted by Crippen LogP contribution is 2.28. The SMILES string of the molecule is CCN(CCN(C)C)c1cc(C(=O)Nc2ccccc2C(=N)SC(=N)C(F)=C2CCOCC2)nc(-c2ccccc2)n1. The van der Waals surface area contributed by atoms with Crippen LogP contribution in [0.1, 0.15) is 35.8 Å². The topological polar surface area (TPSA) is 118 Å². The summed E-state index contributed by atoms with van der Waals surface area (Å²) in [6, 6.07) is 18.0. The lowest BCUT2D eigenvalue weighted by Gasteiger charge is -2.24. The lowest BCUT2D eigenvalue weighted by atomic mass is 10.1. The highest BCUT2D eigenvalue weighted by atomic mass is 32.2. The second kappa shape index (κ2) is 14.8. The number of nitrogens with one attached hydrogen (secondary N) is 3. The Labute approximate surface area is 250 Å². The van der Waals surface area contributed by atoms with Crippen LogP contribution in [0.4, 0.5) is 15.9 Å². The summed E-state index contributed by atoms with van der Waals surface area (Å²) in [5, 5.41) is 19.4. The molecule has 0 atom stereocenters. The predicted molar refractivity (Wildman–Crippen MR) is 169 cm³/mol. The number of hydrogen-bond donors (Lipinski definition) is 3. The van der Waals surface area contributed by atoms with Gasteiger partial charge >= 0.3 is 0 Å². The number of rotatable bonds is 10. The molecule has 2 aromatic carbocycles. The Balaban J connectivity index is 1.60. The van der Waals surface area contributed by atoms with Gasteiger partial charge in [0, 0.05) is 36.8 Å². The molecule has 0 spiro atoms. The largest absolute Gasteiger partial charge is 0.381 e. The average molecular weight is 590 g/mol. The zero-order valence-electron chi connectivity index (χ0n) is 24.1. The number of benzene rings is 2. The molecule has 1 aliphatic heterocycles. The van der Waals surface area contributed by atoms with Crippen LogP contribution in [0, 0.1) is 10.8 Å². The van der Waals surface area contributed by atoms with Crippen LogP contribution in [0.2, 0.25) is 0 Å². The van der Waals surface area contributed by atoms with Gasteiger partial charge in [-0.25, -0.2) is 14.4 Å². The lowest BCUT2D eigenvalue weighted by Crippen LogP contribution is -2.32. The molecule has 1 amide bonds. The summed E-state index contributed by atoms with van der Waals surface area (Å²) >= 11 is 0.714. The van der Waals surface area contributed by atoms with Crippen LogP contribution in [0.15, 0.2) is 72.1 Å². The van der Waals surface area contributed by atoms with Crippen molar-refractivity contribution in [2.45, 2.75) is 19.8 Å². The van der Waals surface area contributed by atoms with Gasteiger partial charge in [0.25, 0.3) is 5.91 Å². The lowest BCUT2D eigenvalue weighted by molar-refractivity contribution is 0.102. The third-order valence-electron chi connectivity index (χ3n) is 6.73. The van der Waals surface area contributed by atoms with Gasteiger partial charge in [-0.1, -0.05) is 48.5 Å². The fourth-order valence-corrected chi connectivity index (χ4v) is 5.09. The molecule has 0 unspecified atom stereocenters. The maximum atomic E-state index is 14.9. The molecule has 42 heavy (non-hydrogen) atoms. The maximum absolute atomic E-state index is 14.9. The molecule has 4 rings (SSSR count). The Morgan fingerprint density at radius 1 is 1.02 bits per heavy atom. The van der Waals surface area contributed by atoms with E-state index in [4.69, 9.17) is 20.5 Å². The molecule has 3 aromatic rings. The molecule has 2 heterocycles. The summed E-state index contributed by atoms with van der Waals surface area (Å²) in [5.41, 5.74) is 2.25. The van der Waals surface area contributed by atoms with Gasteiger partial charge in [0.05, 0.1) is 18.9 Å². The van der Waals surface area contributed by atoms with Crippen molar-refractivity contribution < 1.29 is 13.9 Å². The number of anilines is 2. The Bertz CT molecular complexity index is 1450. The van der Waals surface area contributed by atoms with Crippen molar-refractivity contribution in [3.05, 3.63) is 83.3 Å². The number of nitrogens with zero attached hydrogens (tertiary/aromatic N) is 4. The molecule has 3 N–H and O–H groups in total. The van der Waals surface area contributed by atoms with Gasteiger partial charge in [-0.2, -0.15) is 0 Å². The summed E-state index contributed by atoms with van der Waals surface area (Å²) in [5.74, 6) is 0.00446. The average Bonchev–Trinajstić information content (AvgIpc) is 3.01. The summed E-state index contributed by atoms with van der Waals surface area (Å²) in [4.78, 5) is 27.2. The molecule has 0 bridgehead atoms. The molecule has 0 saturated carbocycles. The number of carbonyl (C=O) groups is 1. The summed E-state index contributed by atoms with van der Waals surface area (Å²) in [6.07, 6.45) is 0.872. The fraction of sp³-hybridized carbons (Fsp3) is 0.323. The van der Waals surface area contributed by atoms with Crippen LogP contribution in [-0.4, -0.2) is 77.8 Å². The quantitative estimate of drug-likeness (QED) is 0.200. The van der Waals surface area contributed by atoms with Crippen LogP contribution in [-0.2, 0) is 4.74 Å². The zero-order valence-corrected chi connectivity index (χ0v) is 24.9. The number of hydrogen-bond acceptors (Lipinski definition) is 9.